The number of rotatable bonds is 7. The van der Waals surface area contributed by atoms with Gasteiger partial charge in [0, 0.05) is 12.1 Å². The molecule has 0 aliphatic carbocycles. The minimum absolute atomic E-state index is 0.360. The average molecular weight is 237 g/mol. The van der Waals surface area contributed by atoms with Crippen molar-refractivity contribution in [2.45, 2.75) is 39.8 Å². The molecule has 1 aromatic rings. The lowest BCUT2D eigenvalue weighted by Crippen LogP contribution is -2.18. The molecule has 1 unspecified atom stereocenters. The molecule has 0 saturated carbocycles. The van der Waals surface area contributed by atoms with Gasteiger partial charge >= 0.3 is 0 Å². The number of hydrogen-bond acceptors (Lipinski definition) is 3. The molecular formula is C14H23NO2. The molecule has 96 valence electrons. The van der Waals surface area contributed by atoms with Crippen molar-refractivity contribution in [1.82, 2.24) is 5.32 Å². The lowest BCUT2D eigenvalue weighted by molar-refractivity contribution is 0.104. The molecule has 0 fully saturated rings. The van der Waals surface area contributed by atoms with Crippen LogP contribution < -0.4 is 10.1 Å². The molecule has 0 spiro atoms. The lowest BCUT2D eigenvalue weighted by atomic mass is 10.1. The van der Waals surface area contributed by atoms with Gasteiger partial charge in [-0.15, -0.1) is 0 Å². The van der Waals surface area contributed by atoms with Crippen LogP contribution in [-0.4, -0.2) is 24.4 Å². The first kappa shape index (κ1) is 14.0. The molecule has 0 bridgehead atoms. The van der Waals surface area contributed by atoms with Gasteiger partial charge in [-0.25, -0.2) is 0 Å². The fourth-order valence-corrected chi connectivity index (χ4v) is 1.55. The summed E-state index contributed by atoms with van der Waals surface area (Å²) in [6.45, 7) is 8.19. The number of hydrogen-bond donors (Lipinski definition) is 2. The number of nitrogens with one attached hydrogen (secondary N) is 1. The summed E-state index contributed by atoms with van der Waals surface area (Å²) in [6, 6.07) is 6.13. The summed E-state index contributed by atoms with van der Waals surface area (Å²) in [7, 11) is 0. The Morgan fingerprint density at radius 3 is 2.76 bits per heavy atom. The fraction of sp³-hybridized carbons (Fsp3) is 0.571. The van der Waals surface area contributed by atoms with Gasteiger partial charge in [0.1, 0.15) is 12.4 Å². The molecule has 0 radical (unpaired) electrons. The SMILES string of the molecule is CCNCc1cc(C)ccc1OCC(O)CC. The zero-order valence-electron chi connectivity index (χ0n) is 11.0. The summed E-state index contributed by atoms with van der Waals surface area (Å²) in [5, 5.41) is 12.8. The van der Waals surface area contributed by atoms with Crippen LogP contribution in [0.25, 0.3) is 0 Å². The smallest absolute Gasteiger partial charge is 0.123 e. The van der Waals surface area contributed by atoms with Gasteiger partial charge in [0.25, 0.3) is 0 Å². The van der Waals surface area contributed by atoms with Crippen molar-refractivity contribution in [3.8, 4) is 5.75 Å². The van der Waals surface area contributed by atoms with E-state index in [4.69, 9.17) is 4.74 Å². The number of aliphatic hydroxyl groups excluding tert-OH is 1. The second kappa shape index (κ2) is 7.30. The van der Waals surface area contributed by atoms with Gasteiger partial charge in [0.2, 0.25) is 0 Å². The number of ether oxygens (including phenoxy) is 1. The van der Waals surface area contributed by atoms with Crippen LogP contribution in [0.5, 0.6) is 5.75 Å². The highest BCUT2D eigenvalue weighted by Gasteiger charge is 2.06. The van der Waals surface area contributed by atoms with Crippen LogP contribution in [0.1, 0.15) is 31.4 Å². The molecular weight excluding hydrogens is 214 g/mol. The van der Waals surface area contributed by atoms with E-state index in [0.29, 0.717) is 13.0 Å². The normalized spacial score (nSPS) is 12.5. The molecule has 1 atom stereocenters. The highest BCUT2D eigenvalue weighted by molar-refractivity contribution is 5.36. The Labute approximate surface area is 104 Å². The van der Waals surface area contributed by atoms with Gasteiger partial charge in [-0.2, -0.15) is 0 Å². The van der Waals surface area contributed by atoms with Crippen molar-refractivity contribution in [2.24, 2.45) is 0 Å². The Hall–Kier alpha value is -1.06. The maximum Gasteiger partial charge on any atom is 0.123 e. The standard InChI is InChI=1S/C14H23NO2/c1-4-13(16)10-17-14-7-6-11(3)8-12(14)9-15-5-2/h6-8,13,15-16H,4-5,9-10H2,1-3H3. The van der Waals surface area contributed by atoms with Crippen LogP contribution in [-0.2, 0) is 6.54 Å². The Bertz CT molecular complexity index is 339. The number of benzene rings is 1. The van der Waals surface area contributed by atoms with Crippen molar-refractivity contribution in [2.75, 3.05) is 13.2 Å². The van der Waals surface area contributed by atoms with E-state index >= 15 is 0 Å². The van der Waals surface area contributed by atoms with Crippen LogP contribution in [0.15, 0.2) is 18.2 Å². The van der Waals surface area contributed by atoms with Gasteiger partial charge in [-0.05, 0) is 26.0 Å². The predicted octanol–water partition coefficient (Wildman–Crippen LogP) is 2.25. The van der Waals surface area contributed by atoms with E-state index in [9.17, 15) is 5.11 Å². The fourth-order valence-electron chi connectivity index (χ4n) is 1.55. The van der Waals surface area contributed by atoms with E-state index in [0.717, 1.165) is 24.4 Å². The summed E-state index contributed by atoms with van der Waals surface area (Å²) in [5.41, 5.74) is 2.37. The summed E-state index contributed by atoms with van der Waals surface area (Å²) in [4.78, 5) is 0. The van der Waals surface area contributed by atoms with Gasteiger partial charge in [0.05, 0.1) is 6.10 Å². The van der Waals surface area contributed by atoms with E-state index in [1.807, 2.05) is 19.1 Å². The topological polar surface area (TPSA) is 41.5 Å². The van der Waals surface area contributed by atoms with Crippen molar-refractivity contribution < 1.29 is 9.84 Å². The molecule has 0 aromatic heterocycles. The van der Waals surface area contributed by atoms with Gasteiger partial charge in [-0.1, -0.05) is 31.5 Å². The van der Waals surface area contributed by atoms with Gasteiger partial charge in [0.15, 0.2) is 0 Å². The van der Waals surface area contributed by atoms with Crippen molar-refractivity contribution >= 4 is 0 Å². The first-order valence-electron chi connectivity index (χ1n) is 6.28. The zero-order chi connectivity index (χ0) is 12.7. The van der Waals surface area contributed by atoms with E-state index < -0.39 is 0 Å². The van der Waals surface area contributed by atoms with Crippen molar-refractivity contribution in [1.29, 1.82) is 0 Å². The molecule has 0 aliphatic rings. The van der Waals surface area contributed by atoms with Crippen LogP contribution >= 0.6 is 0 Å². The van der Waals surface area contributed by atoms with Crippen LogP contribution in [0.2, 0.25) is 0 Å². The van der Waals surface area contributed by atoms with Crippen LogP contribution in [0.3, 0.4) is 0 Å². The van der Waals surface area contributed by atoms with Gasteiger partial charge < -0.3 is 15.2 Å². The molecule has 3 heteroatoms. The Morgan fingerprint density at radius 1 is 1.35 bits per heavy atom. The number of aliphatic hydroxyl groups is 1. The maximum atomic E-state index is 9.50. The molecule has 0 amide bonds. The molecule has 2 N–H and O–H groups in total. The van der Waals surface area contributed by atoms with Crippen LogP contribution in [0, 0.1) is 6.92 Å². The largest absolute Gasteiger partial charge is 0.491 e. The third kappa shape index (κ3) is 4.75. The Kier molecular flexibility index (Phi) is 6.01. The molecule has 0 saturated heterocycles. The number of aryl methyl sites for hydroxylation is 1. The zero-order valence-corrected chi connectivity index (χ0v) is 11.0. The second-order valence-corrected chi connectivity index (χ2v) is 4.26. The lowest BCUT2D eigenvalue weighted by Gasteiger charge is -2.14. The molecule has 3 nitrogen and oxygen atoms in total. The predicted molar refractivity (Wildman–Crippen MR) is 70.4 cm³/mol. The quantitative estimate of drug-likeness (QED) is 0.764. The molecule has 0 aliphatic heterocycles. The monoisotopic (exact) mass is 237 g/mol. The molecule has 1 rings (SSSR count). The average Bonchev–Trinajstić information content (AvgIpc) is 2.34. The van der Waals surface area contributed by atoms with E-state index in [-0.39, 0.29) is 6.10 Å². The summed E-state index contributed by atoms with van der Waals surface area (Å²) in [5.74, 6) is 0.865. The Balaban J connectivity index is 2.68. The van der Waals surface area contributed by atoms with Crippen LogP contribution in [0.4, 0.5) is 0 Å². The first-order valence-corrected chi connectivity index (χ1v) is 6.28. The van der Waals surface area contributed by atoms with E-state index in [2.05, 4.69) is 25.2 Å². The van der Waals surface area contributed by atoms with Gasteiger partial charge in [-0.3, -0.25) is 0 Å². The summed E-state index contributed by atoms with van der Waals surface area (Å²) >= 11 is 0. The minimum Gasteiger partial charge on any atom is -0.491 e. The third-order valence-electron chi connectivity index (χ3n) is 2.68. The van der Waals surface area contributed by atoms with Crippen molar-refractivity contribution in [3.63, 3.8) is 0 Å². The molecule has 1 aromatic carbocycles. The van der Waals surface area contributed by atoms with Crippen molar-refractivity contribution in [3.05, 3.63) is 29.3 Å². The molecule has 0 heterocycles. The third-order valence-corrected chi connectivity index (χ3v) is 2.68. The molecule has 17 heavy (non-hydrogen) atoms. The Morgan fingerprint density at radius 2 is 2.12 bits per heavy atom. The summed E-state index contributed by atoms with van der Waals surface area (Å²) < 4.78 is 5.65. The minimum atomic E-state index is -0.386. The first-order chi connectivity index (χ1) is 8.17. The van der Waals surface area contributed by atoms with E-state index in [1.54, 1.807) is 0 Å². The maximum absolute atomic E-state index is 9.50. The van der Waals surface area contributed by atoms with E-state index in [1.165, 1.54) is 5.56 Å². The highest BCUT2D eigenvalue weighted by Crippen LogP contribution is 2.20. The summed E-state index contributed by atoms with van der Waals surface area (Å²) in [6.07, 6.45) is 0.331. The second-order valence-electron chi connectivity index (χ2n) is 4.26. The highest BCUT2D eigenvalue weighted by atomic mass is 16.5.